The van der Waals surface area contributed by atoms with Crippen molar-refractivity contribution in [2.45, 2.75) is 270 Å². The van der Waals surface area contributed by atoms with E-state index in [9.17, 15) is 19.8 Å². The minimum atomic E-state index is -0.816. The third-order valence-electron chi connectivity index (χ3n) is 12.4. The van der Waals surface area contributed by atoms with Crippen LogP contribution in [0, 0.1) is 0 Å². The zero-order valence-electron chi connectivity index (χ0n) is 44.9. The van der Waals surface area contributed by atoms with Gasteiger partial charge in [0, 0.05) is 6.42 Å². The highest BCUT2D eigenvalue weighted by Crippen LogP contribution is 2.17. The second-order valence-electron chi connectivity index (χ2n) is 19.0. The molecule has 0 radical (unpaired) electrons. The van der Waals surface area contributed by atoms with Crippen LogP contribution >= 0.6 is 0 Å². The molecule has 0 spiro atoms. The Balaban J connectivity index is 4.73. The molecule has 0 aromatic rings. The van der Waals surface area contributed by atoms with Crippen LogP contribution in [-0.4, -0.2) is 46.9 Å². The molecule has 6 nitrogen and oxygen atoms in total. The van der Waals surface area contributed by atoms with E-state index in [1.807, 2.05) is 6.08 Å². The van der Waals surface area contributed by atoms with Gasteiger partial charge in [-0.25, -0.2) is 0 Å². The summed E-state index contributed by atoms with van der Waals surface area (Å²) in [6.07, 6.45) is 75.8. The monoisotopic (exact) mass is 958 g/mol. The number of aliphatic hydroxyl groups is 2. The van der Waals surface area contributed by atoms with Crippen LogP contribution < -0.4 is 5.32 Å². The standard InChI is InChI=1S/C63H107NO5/c1-4-7-10-13-16-19-22-25-28-31-34-37-40-43-46-49-52-55-61(66)60(58-65)64-62(67)57-59(54-51-48-45-42-39-36-33-30-27-24-21-18-15-12-9-6-3)69-63(68)56-53-50-47-44-41-38-35-32-29-26-23-20-17-14-11-8-5-2/h8,11,17-18,20-21,24,26-27,29-30,33,35-36,38-39,44,47,59-61,65-66H,4-7,9-10,12-16,19,22-23,25,28,31-32,34,37,40-43,45-46,48-58H2,1-3H3,(H,64,67)/b11-8-,20-17-,21-18+,27-24+,29-26-,33-30+,38-35-,39-36+,47-44-. The lowest BCUT2D eigenvalue weighted by Gasteiger charge is -2.24. The summed E-state index contributed by atoms with van der Waals surface area (Å²) in [5.41, 5.74) is 0. The molecule has 6 heteroatoms. The van der Waals surface area contributed by atoms with Gasteiger partial charge in [0.2, 0.25) is 5.91 Å². The molecule has 0 aromatic carbocycles. The fraction of sp³-hybridized carbons (Fsp3) is 0.683. The van der Waals surface area contributed by atoms with E-state index in [2.05, 4.69) is 129 Å². The summed E-state index contributed by atoms with van der Waals surface area (Å²) < 4.78 is 5.91. The summed E-state index contributed by atoms with van der Waals surface area (Å²) in [7, 11) is 0. The number of amides is 1. The van der Waals surface area contributed by atoms with Gasteiger partial charge in [0.1, 0.15) is 6.10 Å². The van der Waals surface area contributed by atoms with Gasteiger partial charge in [-0.1, -0.05) is 259 Å². The minimum Gasteiger partial charge on any atom is -0.462 e. The molecule has 1 amide bonds. The van der Waals surface area contributed by atoms with E-state index in [-0.39, 0.29) is 24.9 Å². The molecule has 0 fully saturated rings. The molecule has 0 aliphatic carbocycles. The molecule has 0 bridgehead atoms. The Morgan fingerprint density at radius 2 is 0.841 bits per heavy atom. The first-order valence-corrected chi connectivity index (χ1v) is 28.7. The van der Waals surface area contributed by atoms with Gasteiger partial charge in [-0.3, -0.25) is 9.59 Å². The molecule has 0 rings (SSSR count). The van der Waals surface area contributed by atoms with Gasteiger partial charge < -0.3 is 20.3 Å². The molecule has 3 unspecified atom stereocenters. The van der Waals surface area contributed by atoms with Crippen LogP contribution in [0.5, 0.6) is 0 Å². The van der Waals surface area contributed by atoms with Crippen LogP contribution in [-0.2, 0) is 14.3 Å². The zero-order valence-corrected chi connectivity index (χ0v) is 44.9. The summed E-state index contributed by atoms with van der Waals surface area (Å²) in [5, 5.41) is 23.9. The SMILES string of the molecule is CC/C=C\C/C=C\C/C=C\C/C=C\C/C=C\CCCC(=O)OC(CCCCC/C=C/C=C/C=C/C=C/CCCCC)CC(=O)NC(CO)C(O)CCCCCCCCCCCCCCCCCCC. The predicted molar refractivity (Wildman–Crippen MR) is 300 cm³/mol. The van der Waals surface area contributed by atoms with Gasteiger partial charge in [-0.2, -0.15) is 0 Å². The highest BCUT2D eigenvalue weighted by Gasteiger charge is 2.24. The summed E-state index contributed by atoms with van der Waals surface area (Å²) in [6.45, 7) is 6.32. The minimum absolute atomic E-state index is 0.0228. The van der Waals surface area contributed by atoms with Gasteiger partial charge in [0.15, 0.2) is 0 Å². The number of unbranched alkanes of at least 4 members (excludes halogenated alkanes) is 23. The van der Waals surface area contributed by atoms with Crippen molar-refractivity contribution in [1.29, 1.82) is 0 Å². The number of carbonyl (C=O) groups is 2. The first kappa shape index (κ1) is 65.5. The van der Waals surface area contributed by atoms with Gasteiger partial charge in [-0.15, -0.1) is 0 Å². The Labute approximate surface area is 426 Å². The smallest absolute Gasteiger partial charge is 0.306 e. The van der Waals surface area contributed by atoms with E-state index in [0.29, 0.717) is 25.7 Å². The van der Waals surface area contributed by atoms with Crippen molar-refractivity contribution in [3.8, 4) is 0 Å². The number of carbonyl (C=O) groups excluding carboxylic acids is 2. The number of rotatable bonds is 50. The molecule has 69 heavy (non-hydrogen) atoms. The maximum atomic E-state index is 13.3. The van der Waals surface area contributed by atoms with E-state index in [1.54, 1.807) is 0 Å². The molecule has 3 atom stereocenters. The van der Waals surface area contributed by atoms with Crippen LogP contribution in [0.15, 0.2) is 109 Å². The van der Waals surface area contributed by atoms with Gasteiger partial charge >= 0.3 is 5.97 Å². The van der Waals surface area contributed by atoms with E-state index in [4.69, 9.17) is 4.74 Å². The Morgan fingerprint density at radius 3 is 1.33 bits per heavy atom. The van der Waals surface area contributed by atoms with E-state index < -0.39 is 18.2 Å². The van der Waals surface area contributed by atoms with Crippen LogP contribution in [0.1, 0.15) is 252 Å². The number of hydrogen-bond donors (Lipinski definition) is 3. The number of allylic oxidation sites excluding steroid dienone is 18. The second kappa shape index (κ2) is 55.4. The average molecular weight is 959 g/mol. The third-order valence-corrected chi connectivity index (χ3v) is 12.4. The molecule has 0 heterocycles. The maximum Gasteiger partial charge on any atom is 0.306 e. The Morgan fingerprint density at radius 1 is 0.449 bits per heavy atom. The molecule has 0 aliphatic heterocycles. The molecule has 0 aromatic heterocycles. The lowest BCUT2D eigenvalue weighted by molar-refractivity contribution is -0.151. The fourth-order valence-corrected chi connectivity index (χ4v) is 8.13. The molecular formula is C63H107NO5. The lowest BCUT2D eigenvalue weighted by Crippen LogP contribution is -2.46. The summed E-state index contributed by atoms with van der Waals surface area (Å²) in [5.74, 6) is -0.587. The van der Waals surface area contributed by atoms with Crippen molar-refractivity contribution in [2.24, 2.45) is 0 Å². The van der Waals surface area contributed by atoms with Gasteiger partial charge in [0.05, 0.1) is 25.2 Å². The average Bonchev–Trinajstić information content (AvgIpc) is 3.34. The Hall–Kier alpha value is -3.48. The first-order valence-electron chi connectivity index (χ1n) is 28.7. The van der Waals surface area contributed by atoms with Crippen LogP contribution in [0.25, 0.3) is 0 Å². The molecule has 0 saturated heterocycles. The summed E-state index contributed by atoms with van der Waals surface area (Å²) in [4.78, 5) is 26.2. The molecule has 394 valence electrons. The van der Waals surface area contributed by atoms with E-state index >= 15 is 0 Å². The quantitative estimate of drug-likeness (QED) is 0.0244. The molecule has 0 saturated carbocycles. The van der Waals surface area contributed by atoms with E-state index in [1.165, 1.54) is 109 Å². The Bertz CT molecular complexity index is 1400. The van der Waals surface area contributed by atoms with Crippen molar-refractivity contribution >= 4 is 11.9 Å². The second-order valence-corrected chi connectivity index (χ2v) is 19.0. The van der Waals surface area contributed by atoms with Crippen LogP contribution in [0.4, 0.5) is 0 Å². The summed E-state index contributed by atoms with van der Waals surface area (Å²) in [6, 6.07) is -0.735. The molecule has 3 N–H and O–H groups in total. The third kappa shape index (κ3) is 50.7. The van der Waals surface area contributed by atoms with Crippen LogP contribution in [0.3, 0.4) is 0 Å². The number of nitrogens with one attached hydrogen (secondary N) is 1. The maximum absolute atomic E-state index is 13.3. The Kier molecular flexibility index (Phi) is 52.7. The lowest BCUT2D eigenvalue weighted by atomic mass is 10.0. The van der Waals surface area contributed by atoms with Crippen molar-refractivity contribution < 1.29 is 24.5 Å². The normalized spacial score (nSPS) is 14.0. The number of hydrogen-bond acceptors (Lipinski definition) is 5. The van der Waals surface area contributed by atoms with Crippen molar-refractivity contribution in [1.82, 2.24) is 5.32 Å². The van der Waals surface area contributed by atoms with Gasteiger partial charge in [0.25, 0.3) is 0 Å². The van der Waals surface area contributed by atoms with Crippen molar-refractivity contribution in [3.05, 3.63) is 109 Å². The number of esters is 1. The molecular weight excluding hydrogens is 851 g/mol. The van der Waals surface area contributed by atoms with Gasteiger partial charge in [-0.05, 0) is 89.9 Å². The summed E-state index contributed by atoms with van der Waals surface area (Å²) >= 11 is 0. The van der Waals surface area contributed by atoms with Crippen LogP contribution in [0.2, 0.25) is 0 Å². The topological polar surface area (TPSA) is 95.9 Å². The van der Waals surface area contributed by atoms with Crippen molar-refractivity contribution in [3.63, 3.8) is 0 Å². The number of aliphatic hydroxyl groups excluding tert-OH is 2. The largest absolute Gasteiger partial charge is 0.462 e. The highest BCUT2D eigenvalue weighted by atomic mass is 16.5. The molecule has 0 aliphatic rings. The predicted octanol–water partition coefficient (Wildman–Crippen LogP) is 17.8. The fourth-order valence-electron chi connectivity index (χ4n) is 8.13. The number of ether oxygens (including phenoxy) is 1. The van der Waals surface area contributed by atoms with E-state index in [0.717, 1.165) is 89.9 Å². The van der Waals surface area contributed by atoms with Crippen molar-refractivity contribution in [2.75, 3.05) is 6.61 Å². The first-order chi connectivity index (χ1) is 34.0. The zero-order chi connectivity index (χ0) is 50.2. The highest BCUT2D eigenvalue weighted by molar-refractivity contribution is 5.77.